The van der Waals surface area contributed by atoms with Crippen LogP contribution in [0.2, 0.25) is 0 Å². The first kappa shape index (κ1) is 17.0. The van der Waals surface area contributed by atoms with E-state index in [1.54, 1.807) is 17.7 Å². The predicted molar refractivity (Wildman–Crippen MR) is 109 cm³/mol. The molecule has 0 aliphatic rings. The van der Waals surface area contributed by atoms with Crippen molar-refractivity contribution in [3.63, 3.8) is 0 Å². The van der Waals surface area contributed by atoms with Crippen LogP contribution in [0.3, 0.4) is 0 Å². The molecule has 0 fully saturated rings. The van der Waals surface area contributed by atoms with Crippen LogP contribution in [0.4, 0.5) is 0 Å². The zero-order valence-electron chi connectivity index (χ0n) is 15.5. The van der Waals surface area contributed by atoms with Gasteiger partial charge >= 0.3 is 0 Å². The summed E-state index contributed by atoms with van der Waals surface area (Å²) >= 11 is 0. The lowest BCUT2D eigenvalue weighted by atomic mass is 9.97. The van der Waals surface area contributed by atoms with Gasteiger partial charge in [0.1, 0.15) is 0 Å². The van der Waals surface area contributed by atoms with Gasteiger partial charge in [0, 0.05) is 36.6 Å². The number of pyridine rings is 1. The quantitative estimate of drug-likeness (QED) is 0.548. The highest BCUT2D eigenvalue weighted by atomic mass is 16.1. The maximum absolute atomic E-state index is 12.3. The molecule has 4 aromatic rings. The zero-order valence-corrected chi connectivity index (χ0v) is 15.5. The highest BCUT2D eigenvalue weighted by Gasteiger charge is 2.12. The third-order valence-corrected chi connectivity index (χ3v) is 4.72. The van der Waals surface area contributed by atoms with Crippen molar-refractivity contribution in [3.05, 3.63) is 101 Å². The summed E-state index contributed by atoms with van der Waals surface area (Å²) in [6, 6.07) is 20.2. The molecule has 0 aliphatic heterocycles. The van der Waals surface area contributed by atoms with E-state index in [0.29, 0.717) is 6.54 Å². The SMILES string of the molecule is Cc1ccc(-c2cc(=O)n(C)cc2-c2cnn(Cc3ccccc3)c2)cc1. The molecule has 0 saturated carbocycles. The van der Waals surface area contributed by atoms with E-state index < -0.39 is 0 Å². The first-order valence-corrected chi connectivity index (χ1v) is 8.94. The van der Waals surface area contributed by atoms with Crippen molar-refractivity contribution in [2.24, 2.45) is 7.05 Å². The minimum Gasteiger partial charge on any atom is -0.318 e. The molecule has 0 unspecified atom stereocenters. The Morgan fingerprint density at radius 3 is 2.37 bits per heavy atom. The summed E-state index contributed by atoms with van der Waals surface area (Å²) in [6.45, 7) is 2.77. The summed E-state index contributed by atoms with van der Waals surface area (Å²) in [7, 11) is 1.78. The maximum Gasteiger partial charge on any atom is 0.250 e. The average Bonchev–Trinajstić information content (AvgIpc) is 3.13. The fourth-order valence-electron chi connectivity index (χ4n) is 3.19. The Hall–Kier alpha value is -3.40. The smallest absolute Gasteiger partial charge is 0.250 e. The Morgan fingerprint density at radius 2 is 1.63 bits per heavy atom. The van der Waals surface area contributed by atoms with Crippen molar-refractivity contribution >= 4 is 0 Å². The van der Waals surface area contributed by atoms with Gasteiger partial charge in [-0.2, -0.15) is 5.10 Å². The third kappa shape index (κ3) is 3.60. The normalized spacial score (nSPS) is 10.9. The Balaban J connectivity index is 1.76. The molecule has 0 radical (unpaired) electrons. The second-order valence-electron chi connectivity index (χ2n) is 6.83. The topological polar surface area (TPSA) is 39.8 Å². The molecule has 2 aromatic heterocycles. The Kier molecular flexibility index (Phi) is 4.47. The number of aryl methyl sites for hydroxylation is 2. The molecule has 2 heterocycles. The number of rotatable bonds is 4. The molecule has 27 heavy (non-hydrogen) atoms. The summed E-state index contributed by atoms with van der Waals surface area (Å²) in [4.78, 5) is 12.3. The van der Waals surface area contributed by atoms with Crippen LogP contribution >= 0.6 is 0 Å². The molecule has 0 aliphatic carbocycles. The average molecular weight is 355 g/mol. The fourth-order valence-corrected chi connectivity index (χ4v) is 3.19. The minimum atomic E-state index is -0.0222. The molecule has 4 nitrogen and oxygen atoms in total. The molecular formula is C23H21N3O. The minimum absolute atomic E-state index is 0.0222. The second kappa shape index (κ2) is 7.08. The van der Waals surface area contributed by atoms with Gasteiger partial charge in [-0.05, 0) is 23.6 Å². The summed E-state index contributed by atoms with van der Waals surface area (Å²) in [5.41, 5.74) is 6.33. The van der Waals surface area contributed by atoms with Crippen LogP contribution in [0.25, 0.3) is 22.3 Å². The molecule has 134 valence electrons. The van der Waals surface area contributed by atoms with Gasteiger partial charge in [0.2, 0.25) is 0 Å². The van der Waals surface area contributed by atoms with Crippen LogP contribution in [-0.4, -0.2) is 14.3 Å². The van der Waals surface area contributed by atoms with Gasteiger partial charge in [0.25, 0.3) is 5.56 Å². The molecule has 4 heteroatoms. The van der Waals surface area contributed by atoms with Gasteiger partial charge in [-0.25, -0.2) is 0 Å². The van der Waals surface area contributed by atoms with E-state index in [-0.39, 0.29) is 5.56 Å². The third-order valence-electron chi connectivity index (χ3n) is 4.72. The maximum atomic E-state index is 12.3. The van der Waals surface area contributed by atoms with Crippen molar-refractivity contribution < 1.29 is 0 Å². The molecular weight excluding hydrogens is 334 g/mol. The van der Waals surface area contributed by atoms with E-state index in [0.717, 1.165) is 22.3 Å². The molecule has 0 bridgehead atoms. The van der Waals surface area contributed by atoms with E-state index in [1.165, 1.54) is 11.1 Å². The lowest BCUT2D eigenvalue weighted by Gasteiger charge is -2.10. The predicted octanol–water partition coefficient (Wildman–Crippen LogP) is 4.27. The number of nitrogens with zero attached hydrogens (tertiary/aromatic N) is 3. The molecule has 4 rings (SSSR count). The molecule has 0 spiro atoms. The first-order chi connectivity index (χ1) is 13.1. The number of hydrogen-bond acceptors (Lipinski definition) is 2. The van der Waals surface area contributed by atoms with Gasteiger partial charge < -0.3 is 4.57 Å². The first-order valence-electron chi connectivity index (χ1n) is 8.94. The van der Waals surface area contributed by atoms with Gasteiger partial charge in [0.15, 0.2) is 0 Å². The molecule has 2 aromatic carbocycles. The van der Waals surface area contributed by atoms with E-state index in [1.807, 2.05) is 41.5 Å². The van der Waals surface area contributed by atoms with Gasteiger partial charge in [-0.15, -0.1) is 0 Å². The van der Waals surface area contributed by atoms with Crippen LogP contribution in [0.5, 0.6) is 0 Å². The van der Waals surface area contributed by atoms with Crippen molar-refractivity contribution in [1.82, 2.24) is 14.3 Å². The van der Waals surface area contributed by atoms with Gasteiger partial charge in [-0.1, -0.05) is 60.2 Å². The Bertz CT molecular complexity index is 1120. The lowest BCUT2D eigenvalue weighted by molar-refractivity contribution is 0.687. The molecule has 0 amide bonds. The largest absolute Gasteiger partial charge is 0.318 e. The van der Waals surface area contributed by atoms with E-state index in [2.05, 4.69) is 48.4 Å². The van der Waals surface area contributed by atoms with Crippen molar-refractivity contribution in [2.45, 2.75) is 13.5 Å². The molecule has 0 saturated heterocycles. The van der Waals surface area contributed by atoms with Gasteiger partial charge in [-0.3, -0.25) is 9.48 Å². The van der Waals surface area contributed by atoms with Crippen LogP contribution in [0.1, 0.15) is 11.1 Å². The number of aromatic nitrogens is 3. The summed E-state index contributed by atoms with van der Waals surface area (Å²) in [5.74, 6) is 0. The monoisotopic (exact) mass is 355 g/mol. The van der Waals surface area contributed by atoms with Crippen molar-refractivity contribution in [1.29, 1.82) is 0 Å². The number of benzene rings is 2. The fraction of sp³-hybridized carbons (Fsp3) is 0.130. The highest BCUT2D eigenvalue weighted by Crippen LogP contribution is 2.30. The van der Waals surface area contributed by atoms with E-state index >= 15 is 0 Å². The molecule has 0 N–H and O–H groups in total. The number of hydrogen-bond donors (Lipinski definition) is 0. The zero-order chi connectivity index (χ0) is 18.8. The van der Waals surface area contributed by atoms with Crippen molar-refractivity contribution in [3.8, 4) is 22.3 Å². The summed E-state index contributed by atoms with van der Waals surface area (Å²) in [6.07, 6.45) is 5.78. The van der Waals surface area contributed by atoms with Crippen LogP contribution in [-0.2, 0) is 13.6 Å². The van der Waals surface area contributed by atoms with Gasteiger partial charge in [0.05, 0.1) is 12.7 Å². The highest BCUT2D eigenvalue weighted by molar-refractivity contribution is 5.82. The molecule has 0 atom stereocenters. The Morgan fingerprint density at radius 1 is 0.889 bits per heavy atom. The van der Waals surface area contributed by atoms with Crippen molar-refractivity contribution in [2.75, 3.05) is 0 Å². The van der Waals surface area contributed by atoms with E-state index in [9.17, 15) is 4.79 Å². The van der Waals surface area contributed by atoms with Crippen LogP contribution in [0, 0.1) is 6.92 Å². The summed E-state index contributed by atoms with van der Waals surface area (Å²) in [5, 5.41) is 4.52. The summed E-state index contributed by atoms with van der Waals surface area (Å²) < 4.78 is 3.54. The lowest BCUT2D eigenvalue weighted by Crippen LogP contribution is -2.15. The van der Waals surface area contributed by atoms with Crippen LogP contribution in [0.15, 0.2) is 84.0 Å². The van der Waals surface area contributed by atoms with Crippen LogP contribution < -0.4 is 5.56 Å². The van der Waals surface area contributed by atoms with E-state index in [4.69, 9.17) is 0 Å². The second-order valence-corrected chi connectivity index (χ2v) is 6.83. The Labute approximate surface area is 158 Å². The standard InChI is InChI=1S/C23H21N3O/c1-17-8-10-19(11-9-17)21-12-23(27)25(2)16-22(21)20-13-24-26(15-20)14-18-6-4-3-5-7-18/h3-13,15-16H,14H2,1-2H3.